The van der Waals surface area contributed by atoms with Crippen LogP contribution in [0.2, 0.25) is 0 Å². The summed E-state index contributed by atoms with van der Waals surface area (Å²) < 4.78 is 2.07. The standard InChI is InChI=1S/C13H23N3/c1-11(2)14-7-5-6-12(3)10-13-15-8-9-16(13)4/h6,8-9,11,14H,5,7,10H2,1-4H3. The fourth-order valence-electron chi connectivity index (χ4n) is 1.58. The minimum absolute atomic E-state index is 0.572. The molecule has 16 heavy (non-hydrogen) atoms. The first-order chi connectivity index (χ1) is 7.59. The Morgan fingerprint density at radius 3 is 2.88 bits per heavy atom. The van der Waals surface area contributed by atoms with Gasteiger partial charge in [0, 0.05) is 31.9 Å². The van der Waals surface area contributed by atoms with E-state index in [1.54, 1.807) is 0 Å². The highest BCUT2D eigenvalue weighted by atomic mass is 15.0. The molecule has 0 bridgehead atoms. The van der Waals surface area contributed by atoms with Crippen molar-refractivity contribution < 1.29 is 0 Å². The summed E-state index contributed by atoms with van der Waals surface area (Å²) in [6.45, 7) is 7.56. The molecule has 0 atom stereocenters. The lowest BCUT2D eigenvalue weighted by atomic mass is 10.1. The largest absolute Gasteiger partial charge is 0.338 e. The Balaban J connectivity index is 2.32. The Hall–Kier alpha value is -1.09. The Bertz CT molecular complexity index is 337. The molecule has 1 rings (SSSR count). The Morgan fingerprint density at radius 2 is 2.31 bits per heavy atom. The number of aryl methyl sites for hydroxylation is 1. The highest BCUT2D eigenvalue weighted by molar-refractivity contribution is 5.08. The monoisotopic (exact) mass is 221 g/mol. The maximum Gasteiger partial charge on any atom is 0.112 e. The summed E-state index contributed by atoms with van der Waals surface area (Å²) in [5, 5.41) is 3.41. The molecule has 0 aromatic carbocycles. The first-order valence-corrected chi connectivity index (χ1v) is 5.95. The molecule has 1 aromatic heterocycles. The molecule has 90 valence electrons. The van der Waals surface area contributed by atoms with Crippen molar-refractivity contribution in [3.05, 3.63) is 29.9 Å². The maximum absolute atomic E-state index is 4.32. The SMILES string of the molecule is CC(=CCCNC(C)C)Cc1nccn1C. The first-order valence-electron chi connectivity index (χ1n) is 5.95. The minimum atomic E-state index is 0.572. The fraction of sp³-hybridized carbons (Fsp3) is 0.615. The van der Waals surface area contributed by atoms with Gasteiger partial charge >= 0.3 is 0 Å². The molecule has 0 fully saturated rings. The van der Waals surface area contributed by atoms with Crippen molar-refractivity contribution in [3.63, 3.8) is 0 Å². The zero-order valence-corrected chi connectivity index (χ0v) is 10.8. The van der Waals surface area contributed by atoms with Crippen molar-refractivity contribution in [3.8, 4) is 0 Å². The third kappa shape index (κ3) is 4.62. The van der Waals surface area contributed by atoms with E-state index in [2.05, 4.69) is 41.7 Å². The second-order valence-electron chi connectivity index (χ2n) is 4.58. The van der Waals surface area contributed by atoms with Gasteiger partial charge in [-0.3, -0.25) is 0 Å². The molecule has 0 spiro atoms. The molecule has 0 radical (unpaired) electrons. The summed E-state index contributed by atoms with van der Waals surface area (Å²) in [5.74, 6) is 1.13. The van der Waals surface area contributed by atoms with E-state index in [-0.39, 0.29) is 0 Å². The van der Waals surface area contributed by atoms with Crippen LogP contribution < -0.4 is 5.32 Å². The van der Waals surface area contributed by atoms with Gasteiger partial charge < -0.3 is 9.88 Å². The average Bonchev–Trinajstić information content (AvgIpc) is 2.59. The molecule has 0 saturated heterocycles. The van der Waals surface area contributed by atoms with Gasteiger partial charge in [-0.25, -0.2) is 4.98 Å². The number of nitrogens with one attached hydrogen (secondary N) is 1. The van der Waals surface area contributed by atoms with Gasteiger partial charge in [0.05, 0.1) is 0 Å². The van der Waals surface area contributed by atoms with Crippen molar-refractivity contribution in [1.82, 2.24) is 14.9 Å². The molecule has 0 saturated carbocycles. The van der Waals surface area contributed by atoms with Crippen LogP contribution in [-0.4, -0.2) is 22.1 Å². The van der Waals surface area contributed by atoms with Crippen LogP contribution in [-0.2, 0) is 13.5 Å². The Morgan fingerprint density at radius 1 is 1.56 bits per heavy atom. The highest BCUT2D eigenvalue weighted by Crippen LogP contribution is 2.05. The lowest BCUT2D eigenvalue weighted by Crippen LogP contribution is -2.23. The van der Waals surface area contributed by atoms with Gasteiger partial charge in [-0.2, -0.15) is 0 Å². The Labute approximate surface area is 98.6 Å². The van der Waals surface area contributed by atoms with Crippen molar-refractivity contribution in [2.24, 2.45) is 7.05 Å². The van der Waals surface area contributed by atoms with Crippen molar-refractivity contribution in [2.45, 2.75) is 39.7 Å². The number of imidazole rings is 1. The highest BCUT2D eigenvalue weighted by Gasteiger charge is 1.99. The van der Waals surface area contributed by atoms with Crippen molar-refractivity contribution in [2.75, 3.05) is 6.54 Å². The third-order valence-corrected chi connectivity index (χ3v) is 2.55. The summed E-state index contributed by atoms with van der Waals surface area (Å²) >= 11 is 0. The van der Waals surface area contributed by atoms with Crippen LogP contribution in [0.25, 0.3) is 0 Å². The smallest absolute Gasteiger partial charge is 0.112 e. The second kappa shape index (κ2) is 6.48. The second-order valence-corrected chi connectivity index (χ2v) is 4.58. The van der Waals surface area contributed by atoms with E-state index >= 15 is 0 Å². The average molecular weight is 221 g/mol. The van der Waals surface area contributed by atoms with Crippen LogP contribution in [0.15, 0.2) is 24.0 Å². The number of aromatic nitrogens is 2. The molecule has 0 aliphatic heterocycles. The molecule has 1 heterocycles. The number of rotatable bonds is 6. The number of nitrogens with zero attached hydrogens (tertiary/aromatic N) is 2. The van der Waals surface area contributed by atoms with E-state index in [4.69, 9.17) is 0 Å². The third-order valence-electron chi connectivity index (χ3n) is 2.55. The lowest BCUT2D eigenvalue weighted by molar-refractivity contribution is 0.594. The maximum atomic E-state index is 4.32. The summed E-state index contributed by atoms with van der Waals surface area (Å²) in [7, 11) is 2.04. The molecule has 0 unspecified atom stereocenters. The lowest BCUT2D eigenvalue weighted by Gasteiger charge is -2.06. The molecule has 0 aliphatic carbocycles. The predicted octanol–water partition coefficient (Wildman–Crippen LogP) is 2.30. The summed E-state index contributed by atoms with van der Waals surface area (Å²) in [4.78, 5) is 4.32. The van der Waals surface area contributed by atoms with Gasteiger partial charge in [0.25, 0.3) is 0 Å². The van der Waals surface area contributed by atoms with Gasteiger partial charge in [-0.1, -0.05) is 25.5 Å². The molecule has 3 nitrogen and oxygen atoms in total. The van der Waals surface area contributed by atoms with Gasteiger partial charge in [0.2, 0.25) is 0 Å². The molecule has 0 aliphatic rings. The molecular weight excluding hydrogens is 198 g/mol. The van der Waals surface area contributed by atoms with E-state index in [9.17, 15) is 0 Å². The van der Waals surface area contributed by atoms with Gasteiger partial charge in [0.1, 0.15) is 5.82 Å². The van der Waals surface area contributed by atoms with E-state index in [0.29, 0.717) is 6.04 Å². The van der Waals surface area contributed by atoms with E-state index in [1.807, 2.05) is 19.4 Å². The van der Waals surface area contributed by atoms with Gasteiger partial charge in [-0.05, 0) is 19.9 Å². The van der Waals surface area contributed by atoms with Crippen LogP contribution in [0.4, 0.5) is 0 Å². The topological polar surface area (TPSA) is 29.9 Å². The molecule has 3 heteroatoms. The van der Waals surface area contributed by atoms with Gasteiger partial charge in [0.15, 0.2) is 0 Å². The van der Waals surface area contributed by atoms with E-state index in [0.717, 1.165) is 25.2 Å². The summed E-state index contributed by atoms with van der Waals surface area (Å²) in [5.41, 5.74) is 1.39. The normalized spacial score (nSPS) is 12.4. The number of hydrogen-bond acceptors (Lipinski definition) is 2. The summed E-state index contributed by atoms with van der Waals surface area (Å²) in [6, 6.07) is 0.572. The van der Waals surface area contributed by atoms with E-state index < -0.39 is 0 Å². The first kappa shape index (κ1) is 13.0. The van der Waals surface area contributed by atoms with Crippen molar-refractivity contribution in [1.29, 1.82) is 0 Å². The van der Waals surface area contributed by atoms with Crippen LogP contribution in [0.3, 0.4) is 0 Å². The molecular formula is C13H23N3. The molecule has 0 amide bonds. The molecule has 1 aromatic rings. The summed E-state index contributed by atoms with van der Waals surface area (Å²) in [6.07, 6.45) is 8.18. The fourth-order valence-corrected chi connectivity index (χ4v) is 1.58. The van der Waals surface area contributed by atoms with Crippen LogP contribution >= 0.6 is 0 Å². The zero-order chi connectivity index (χ0) is 12.0. The number of allylic oxidation sites excluding steroid dienone is 1. The Kier molecular flexibility index (Phi) is 5.26. The van der Waals surface area contributed by atoms with Crippen LogP contribution in [0, 0.1) is 0 Å². The number of hydrogen-bond donors (Lipinski definition) is 1. The van der Waals surface area contributed by atoms with Crippen LogP contribution in [0.5, 0.6) is 0 Å². The van der Waals surface area contributed by atoms with Crippen LogP contribution in [0.1, 0.15) is 33.0 Å². The van der Waals surface area contributed by atoms with E-state index in [1.165, 1.54) is 5.57 Å². The van der Waals surface area contributed by atoms with Gasteiger partial charge in [-0.15, -0.1) is 0 Å². The minimum Gasteiger partial charge on any atom is -0.338 e. The zero-order valence-electron chi connectivity index (χ0n) is 10.8. The van der Waals surface area contributed by atoms with Crippen molar-refractivity contribution >= 4 is 0 Å². The molecule has 1 N–H and O–H groups in total. The quantitative estimate of drug-likeness (QED) is 0.590. The predicted molar refractivity (Wildman–Crippen MR) is 68.4 cm³/mol.